The van der Waals surface area contributed by atoms with Crippen LogP contribution in [0.4, 0.5) is 0 Å². The molecule has 3 heterocycles. The highest BCUT2D eigenvalue weighted by atomic mass is 32.1. The number of nitrogens with zero attached hydrogens (tertiary/aromatic N) is 2. The molecule has 122 valence electrons. The van der Waals surface area contributed by atoms with Crippen molar-refractivity contribution in [3.8, 4) is 0 Å². The van der Waals surface area contributed by atoms with Crippen molar-refractivity contribution in [2.75, 3.05) is 0 Å². The summed E-state index contributed by atoms with van der Waals surface area (Å²) in [4.78, 5) is 33.9. The average molecular weight is 346 g/mol. The largest absolute Gasteiger partial charge is 0.288 e. The Morgan fingerprint density at radius 1 is 0.720 bits per heavy atom. The number of carbonyl (C=O) groups is 2. The van der Waals surface area contributed by atoms with Gasteiger partial charge in [-0.25, -0.2) is 0 Å². The minimum atomic E-state index is -0.142. The number of rotatable bonds is 6. The average Bonchev–Trinajstić information content (AvgIpc) is 3.13. The van der Waals surface area contributed by atoms with Crippen LogP contribution in [0, 0.1) is 0 Å². The molecular formula is C20H14N2O2S. The van der Waals surface area contributed by atoms with Crippen LogP contribution in [0.2, 0.25) is 0 Å². The van der Waals surface area contributed by atoms with Gasteiger partial charge in [0.15, 0.2) is 0 Å². The molecule has 0 saturated heterocycles. The molecule has 4 nitrogen and oxygen atoms in total. The summed E-state index contributed by atoms with van der Waals surface area (Å²) in [7, 11) is 0. The Labute approximate surface area is 149 Å². The zero-order valence-corrected chi connectivity index (χ0v) is 14.0. The van der Waals surface area contributed by atoms with E-state index in [-0.39, 0.29) is 11.6 Å². The summed E-state index contributed by atoms with van der Waals surface area (Å²) in [5.41, 5.74) is 0.827. The molecule has 0 aliphatic heterocycles. The fourth-order valence-electron chi connectivity index (χ4n) is 2.05. The fraction of sp³-hybridized carbons (Fsp3) is 0. The van der Waals surface area contributed by atoms with E-state index in [0.717, 1.165) is 9.75 Å². The monoisotopic (exact) mass is 346 g/mol. The van der Waals surface area contributed by atoms with E-state index < -0.39 is 0 Å². The lowest BCUT2D eigenvalue weighted by atomic mass is 10.2. The summed E-state index contributed by atoms with van der Waals surface area (Å²) in [5, 5.41) is 0. The predicted octanol–water partition coefficient (Wildman–Crippen LogP) is 4.33. The predicted molar refractivity (Wildman–Crippen MR) is 99.5 cm³/mol. The van der Waals surface area contributed by atoms with Crippen molar-refractivity contribution >= 4 is 35.1 Å². The van der Waals surface area contributed by atoms with E-state index in [1.165, 1.54) is 23.5 Å². The smallest absolute Gasteiger partial charge is 0.204 e. The number of aromatic nitrogens is 2. The van der Waals surface area contributed by atoms with E-state index >= 15 is 0 Å². The number of ketones is 2. The van der Waals surface area contributed by atoms with Gasteiger partial charge < -0.3 is 0 Å². The van der Waals surface area contributed by atoms with Crippen LogP contribution >= 0.6 is 11.3 Å². The molecule has 0 aliphatic rings. The highest BCUT2D eigenvalue weighted by Crippen LogP contribution is 2.20. The van der Waals surface area contributed by atoms with Gasteiger partial charge in [0, 0.05) is 22.1 Å². The lowest BCUT2D eigenvalue weighted by Crippen LogP contribution is -1.96. The van der Waals surface area contributed by atoms with Crippen LogP contribution in [0.1, 0.15) is 30.7 Å². The van der Waals surface area contributed by atoms with Gasteiger partial charge in [0.1, 0.15) is 11.4 Å². The van der Waals surface area contributed by atoms with E-state index in [1.807, 2.05) is 12.1 Å². The third kappa shape index (κ3) is 4.65. The summed E-state index contributed by atoms with van der Waals surface area (Å²) in [6.07, 6.45) is 9.68. The molecule has 0 N–H and O–H groups in total. The second-order valence-electron chi connectivity index (χ2n) is 5.07. The van der Waals surface area contributed by atoms with Crippen LogP contribution in [-0.2, 0) is 0 Å². The standard InChI is InChI=1S/C20H14N2O2S/c23-19(17-5-1-3-13-21-17)11-9-15-7-8-16(25-15)10-12-20(24)18-6-2-4-14-22-18/h1-14H. The Kier molecular flexibility index (Phi) is 5.39. The SMILES string of the molecule is O=C(C=Cc1ccc(C=CC(=O)c2ccccn2)s1)c1ccccn1. The molecule has 3 rings (SSSR count). The van der Waals surface area contributed by atoms with Crippen LogP contribution in [0.15, 0.2) is 73.1 Å². The van der Waals surface area contributed by atoms with E-state index in [1.54, 1.807) is 60.9 Å². The van der Waals surface area contributed by atoms with Gasteiger partial charge in [-0.05, 0) is 60.7 Å². The molecule has 0 spiro atoms. The molecular weight excluding hydrogens is 332 g/mol. The van der Waals surface area contributed by atoms with Crippen molar-refractivity contribution in [3.63, 3.8) is 0 Å². The number of hydrogen-bond acceptors (Lipinski definition) is 5. The molecule has 0 amide bonds. The topological polar surface area (TPSA) is 59.9 Å². The molecule has 0 radical (unpaired) electrons. The van der Waals surface area contributed by atoms with Crippen molar-refractivity contribution in [2.45, 2.75) is 0 Å². The third-order valence-corrected chi connectivity index (χ3v) is 4.30. The second kappa shape index (κ2) is 8.08. The Morgan fingerprint density at radius 3 is 1.60 bits per heavy atom. The van der Waals surface area contributed by atoms with Crippen molar-refractivity contribution in [2.24, 2.45) is 0 Å². The number of carbonyl (C=O) groups excluding carboxylic acids is 2. The lowest BCUT2D eigenvalue weighted by Gasteiger charge is -1.92. The maximum atomic E-state index is 12.0. The van der Waals surface area contributed by atoms with E-state index in [0.29, 0.717) is 11.4 Å². The van der Waals surface area contributed by atoms with Gasteiger partial charge in [-0.1, -0.05) is 12.1 Å². The lowest BCUT2D eigenvalue weighted by molar-refractivity contribution is 0.103. The van der Waals surface area contributed by atoms with Crippen LogP contribution < -0.4 is 0 Å². The molecule has 0 fully saturated rings. The van der Waals surface area contributed by atoms with Gasteiger partial charge in [0.25, 0.3) is 0 Å². The number of thiophene rings is 1. The Morgan fingerprint density at radius 2 is 1.20 bits per heavy atom. The second-order valence-corrected chi connectivity index (χ2v) is 6.21. The first-order chi connectivity index (χ1) is 12.2. The molecule has 0 aliphatic carbocycles. The zero-order valence-electron chi connectivity index (χ0n) is 13.2. The highest BCUT2D eigenvalue weighted by Gasteiger charge is 2.03. The van der Waals surface area contributed by atoms with Crippen LogP contribution in [0.25, 0.3) is 12.2 Å². The molecule has 0 aromatic carbocycles. The normalized spacial score (nSPS) is 11.2. The molecule has 3 aromatic heterocycles. The Balaban J connectivity index is 1.64. The van der Waals surface area contributed by atoms with Crippen molar-refractivity contribution in [1.82, 2.24) is 9.97 Å². The van der Waals surface area contributed by atoms with Gasteiger partial charge in [-0.2, -0.15) is 0 Å². The minimum Gasteiger partial charge on any atom is -0.288 e. The highest BCUT2D eigenvalue weighted by molar-refractivity contribution is 7.13. The van der Waals surface area contributed by atoms with Gasteiger partial charge in [-0.3, -0.25) is 19.6 Å². The zero-order chi connectivity index (χ0) is 17.5. The van der Waals surface area contributed by atoms with Crippen LogP contribution in [0.5, 0.6) is 0 Å². The van der Waals surface area contributed by atoms with Crippen molar-refractivity contribution in [3.05, 3.63) is 94.2 Å². The van der Waals surface area contributed by atoms with Gasteiger partial charge in [0.05, 0.1) is 0 Å². The summed E-state index contributed by atoms with van der Waals surface area (Å²) < 4.78 is 0. The summed E-state index contributed by atoms with van der Waals surface area (Å²) >= 11 is 1.49. The summed E-state index contributed by atoms with van der Waals surface area (Å²) in [5.74, 6) is -0.284. The number of pyridine rings is 2. The van der Waals surface area contributed by atoms with E-state index in [2.05, 4.69) is 9.97 Å². The van der Waals surface area contributed by atoms with Crippen LogP contribution in [0.3, 0.4) is 0 Å². The number of hydrogen-bond donors (Lipinski definition) is 0. The quantitative estimate of drug-likeness (QED) is 0.492. The van der Waals surface area contributed by atoms with Gasteiger partial charge in [0.2, 0.25) is 11.6 Å². The van der Waals surface area contributed by atoms with E-state index in [9.17, 15) is 9.59 Å². The first-order valence-corrected chi connectivity index (χ1v) is 8.41. The Hall–Kier alpha value is -3.18. The molecule has 0 atom stereocenters. The maximum Gasteiger partial charge on any atom is 0.204 e. The summed E-state index contributed by atoms with van der Waals surface area (Å²) in [6.45, 7) is 0. The summed E-state index contributed by atoms with van der Waals surface area (Å²) in [6, 6.07) is 14.3. The van der Waals surface area contributed by atoms with Gasteiger partial charge >= 0.3 is 0 Å². The Bertz CT molecular complexity index is 853. The fourth-order valence-corrected chi connectivity index (χ4v) is 2.87. The van der Waals surface area contributed by atoms with Crippen molar-refractivity contribution < 1.29 is 9.59 Å². The molecule has 25 heavy (non-hydrogen) atoms. The molecule has 0 saturated carbocycles. The molecule has 0 bridgehead atoms. The van der Waals surface area contributed by atoms with E-state index in [4.69, 9.17) is 0 Å². The molecule has 0 unspecified atom stereocenters. The van der Waals surface area contributed by atoms with Gasteiger partial charge in [-0.15, -0.1) is 11.3 Å². The van der Waals surface area contributed by atoms with Crippen LogP contribution in [-0.4, -0.2) is 21.5 Å². The minimum absolute atomic E-state index is 0.142. The first-order valence-electron chi connectivity index (χ1n) is 7.59. The third-order valence-electron chi connectivity index (χ3n) is 3.28. The maximum absolute atomic E-state index is 12.0. The number of allylic oxidation sites excluding steroid dienone is 2. The molecule has 3 aromatic rings. The first kappa shape index (κ1) is 16.7. The van der Waals surface area contributed by atoms with Crippen molar-refractivity contribution in [1.29, 1.82) is 0 Å². The molecule has 5 heteroatoms.